The van der Waals surface area contributed by atoms with Gasteiger partial charge in [0.2, 0.25) is 0 Å². The number of hydrogen-bond acceptors (Lipinski definition) is 3. The maximum atomic E-state index is 6.49. The average molecular weight is 713 g/mol. The van der Waals surface area contributed by atoms with Gasteiger partial charge in [0.15, 0.2) is 11.4 Å². The van der Waals surface area contributed by atoms with Crippen molar-refractivity contribution in [1.82, 2.24) is 9.97 Å². The van der Waals surface area contributed by atoms with Gasteiger partial charge in [-0.25, -0.2) is 9.97 Å². The van der Waals surface area contributed by atoms with Crippen LogP contribution >= 0.6 is 0 Å². The number of aromatic nitrogens is 2. The first-order valence-corrected chi connectivity index (χ1v) is 20.8. The van der Waals surface area contributed by atoms with E-state index in [9.17, 15) is 0 Å². The van der Waals surface area contributed by atoms with Crippen molar-refractivity contribution in [3.8, 4) is 33.6 Å². The lowest BCUT2D eigenvalue weighted by molar-refractivity contribution is 0.350. The fraction of sp³-hybridized carbons (Fsp3) is 0.269. The Labute approximate surface area is 322 Å². The topological polar surface area (TPSA) is 38.9 Å². The number of benzene rings is 5. The highest BCUT2D eigenvalue weighted by atomic mass is 16.3. The van der Waals surface area contributed by atoms with Crippen molar-refractivity contribution in [2.24, 2.45) is 0 Å². The quantitative estimate of drug-likeness (QED) is 0.183. The second-order valence-electron chi connectivity index (χ2n) is 17.0. The first kappa shape index (κ1) is 31.8. The molecular formula is C52H44N2O. The number of nitrogens with zero attached hydrogens (tertiary/aromatic N) is 2. The lowest BCUT2D eigenvalue weighted by atomic mass is 9.66. The van der Waals surface area contributed by atoms with Gasteiger partial charge in [0, 0.05) is 27.7 Å². The smallest absolute Gasteiger partial charge is 0.176 e. The second-order valence-corrected chi connectivity index (χ2v) is 17.0. The van der Waals surface area contributed by atoms with Crippen molar-refractivity contribution < 1.29 is 4.42 Å². The Morgan fingerprint density at radius 3 is 1.95 bits per heavy atom. The molecule has 5 aliphatic rings. The van der Waals surface area contributed by atoms with Crippen LogP contribution < -0.4 is 0 Å². The number of furan rings is 1. The lowest BCUT2D eigenvalue weighted by Gasteiger charge is -2.37. The Balaban J connectivity index is 0.952. The van der Waals surface area contributed by atoms with Crippen LogP contribution in [-0.4, -0.2) is 9.97 Å². The Hall–Kier alpha value is -5.54. The summed E-state index contributed by atoms with van der Waals surface area (Å²) in [5.41, 5.74) is 19.8. The molecule has 7 aromatic rings. The summed E-state index contributed by atoms with van der Waals surface area (Å²) < 4.78 is 6.49. The zero-order valence-electron chi connectivity index (χ0n) is 31.3. The zero-order valence-corrected chi connectivity index (χ0v) is 31.3. The minimum absolute atomic E-state index is 0.0915. The molecule has 0 aliphatic heterocycles. The number of hydrogen-bond donors (Lipinski definition) is 0. The van der Waals surface area contributed by atoms with Crippen LogP contribution in [0.3, 0.4) is 0 Å². The molecule has 2 spiro atoms. The highest BCUT2D eigenvalue weighted by Gasteiger charge is 2.49. The number of para-hydroxylation sites is 1. The van der Waals surface area contributed by atoms with E-state index in [0.717, 1.165) is 45.6 Å². The van der Waals surface area contributed by atoms with Crippen LogP contribution in [0.5, 0.6) is 0 Å². The summed E-state index contributed by atoms with van der Waals surface area (Å²) in [7, 11) is 0. The predicted molar refractivity (Wildman–Crippen MR) is 224 cm³/mol. The monoisotopic (exact) mass is 712 g/mol. The van der Waals surface area contributed by atoms with Gasteiger partial charge in [-0.1, -0.05) is 136 Å². The van der Waals surface area contributed by atoms with E-state index in [1.54, 1.807) is 22.3 Å². The Morgan fingerprint density at radius 2 is 1.20 bits per heavy atom. The molecule has 12 rings (SSSR count). The third-order valence-electron chi connectivity index (χ3n) is 14.2. The number of allylic oxidation sites excluding steroid dienone is 4. The van der Waals surface area contributed by atoms with Gasteiger partial charge in [0.05, 0.1) is 5.69 Å². The van der Waals surface area contributed by atoms with Gasteiger partial charge in [-0.05, 0) is 118 Å². The molecule has 1 atom stereocenters. The molecule has 0 bridgehead atoms. The summed E-state index contributed by atoms with van der Waals surface area (Å²) in [5, 5.41) is 1.03. The van der Waals surface area contributed by atoms with Gasteiger partial charge in [0.1, 0.15) is 11.1 Å². The number of fused-ring (bicyclic) bond motifs is 13. The third kappa shape index (κ3) is 4.56. The van der Waals surface area contributed by atoms with E-state index in [-0.39, 0.29) is 16.7 Å². The van der Waals surface area contributed by atoms with Crippen LogP contribution in [0, 0.1) is 0 Å². The molecule has 5 aliphatic carbocycles. The van der Waals surface area contributed by atoms with Crippen LogP contribution in [-0.2, 0) is 10.8 Å². The van der Waals surface area contributed by atoms with Crippen LogP contribution in [0.15, 0.2) is 132 Å². The second kappa shape index (κ2) is 12.0. The summed E-state index contributed by atoms with van der Waals surface area (Å²) >= 11 is 0. The highest BCUT2D eigenvalue weighted by molar-refractivity contribution is 6.04. The van der Waals surface area contributed by atoms with Crippen molar-refractivity contribution in [3.63, 3.8) is 0 Å². The first-order valence-electron chi connectivity index (χ1n) is 20.8. The molecule has 2 saturated carbocycles. The largest absolute Gasteiger partial charge is 0.452 e. The molecule has 3 nitrogen and oxygen atoms in total. The molecule has 0 saturated heterocycles. The lowest BCUT2D eigenvalue weighted by Crippen LogP contribution is -2.29. The van der Waals surface area contributed by atoms with Crippen LogP contribution in [0.2, 0.25) is 0 Å². The molecule has 0 N–H and O–H groups in total. The minimum atomic E-state index is 0.0915. The third-order valence-corrected chi connectivity index (χ3v) is 14.2. The fourth-order valence-electron chi connectivity index (χ4n) is 11.6. The normalized spacial score (nSPS) is 20.1. The van der Waals surface area contributed by atoms with Crippen molar-refractivity contribution in [2.45, 2.75) is 87.4 Å². The van der Waals surface area contributed by atoms with Crippen molar-refractivity contribution >= 4 is 27.6 Å². The van der Waals surface area contributed by atoms with Crippen LogP contribution in [0.1, 0.15) is 110 Å². The summed E-state index contributed by atoms with van der Waals surface area (Å²) in [5.74, 6) is 0.838. The molecule has 2 heterocycles. The van der Waals surface area contributed by atoms with E-state index in [1.165, 1.54) is 97.6 Å². The zero-order chi connectivity index (χ0) is 36.1. The van der Waals surface area contributed by atoms with Crippen molar-refractivity contribution in [3.05, 3.63) is 161 Å². The SMILES string of the molecule is C1=CC(c2nc(-c3ccccc3)nc3c2oc2ccccc23)CC=C1c1ccc2c(c1)-c1cc3c(cc1C21CCCCC1)-c1ccccc1C31CCCCC1. The molecule has 0 amide bonds. The van der Waals surface area contributed by atoms with Gasteiger partial charge in [-0.2, -0.15) is 0 Å². The van der Waals surface area contributed by atoms with E-state index in [1.807, 2.05) is 18.2 Å². The Bertz CT molecular complexity index is 2750. The molecule has 268 valence electrons. The molecule has 2 fully saturated rings. The maximum absolute atomic E-state index is 6.49. The van der Waals surface area contributed by atoms with Crippen molar-refractivity contribution in [2.75, 3.05) is 0 Å². The molecule has 2 aromatic heterocycles. The van der Waals surface area contributed by atoms with Gasteiger partial charge in [0.25, 0.3) is 0 Å². The minimum Gasteiger partial charge on any atom is -0.452 e. The standard InChI is InChI=1S/C52H44N2O/c1-4-14-35(15-5-1)50-53-47(49-48(54-50)38-17-7-9-19-46(38)55-49)34-22-20-33(21-23-34)36-24-25-43-39(30-36)41-32-44-40(31-45(41)52(43)28-12-3-13-29-52)37-16-6-8-18-42(37)51(44)26-10-2-11-27-51/h1,4-9,14-22,24-25,30-32,34H,2-3,10-13,23,26-29H2. The molecule has 1 unspecified atom stereocenters. The maximum Gasteiger partial charge on any atom is 0.176 e. The summed E-state index contributed by atoms with van der Waals surface area (Å²) in [6, 6.07) is 40.8. The van der Waals surface area contributed by atoms with E-state index < -0.39 is 0 Å². The van der Waals surface area contributed by atoms with E-state index in [2.05, 4.69) is 109 Å². The fourth-order valence-corrected chi connectivity index (χ4v) is 11.6. The molecule has 5 aromatic carbocycles. The van der Waals surface area contributed by atoms with E-state index in [0.29, 0.717) is 0 Å². The van der Waals surface area contributed by atoms with Gasteiger partial charge in [-0.3, -0.25) is 0 Å². The van der Waals surface area contributed by atoms with Gasteiger partial charge < -0.3 is 4.42 Å². The number of rotatable bonds is 3. The molecule has 55 heavy (non-hydrogen) atoms. The Morgan fingerprint density at radius 1 is 0.545 bits per heavy atom. The average Bonchev–Trinajstić information content (AvgIpc) is 3.85. The molecule has 0 radical (unpaired) electrons. The van der Waals surface area contributed by atoms with Gasteiger partial charge >= 0.3 is 0 Å². The van der Waals surface area contributed by atoms with E-state index >= 15 is 0 Å². The summed E-state index contributed by atoms with van der Waals surface area (Å²) in [6.45, 7) is 0. The summed E-state index contributed by atoms with van der Waals surface area (Å²) in [6.07, 6.45) is 21.0. The van der Waals surface area contributed by atoms with Crippen LogP contribution in [0.25, 0.3) is 61.3 Å². The molecular weight excluding hydrogens is 669 g/mol. The van der Waals surface area contributed by atoms with E-state index in [4.69, 9.17) is 14.4 Å². The first-order chi connectivity index (χ1) is 27.2. The van der Waals surface area contributed by atoms with Crippen molar-refractivity contribution in [1.29, 1.82) is 0 Å². The Kier molecular flexibility index (Phi) is 6.92. The summed E-state index contributed by atoms with van der Waals surface area (Å²) in [4.78, 5) is 10.3. The van der Waals surface area contributed by atoms with Gasteiger partial charge in [-0.15, -0.1) is 0 Å². The van der Waals surface area contributed by atoms with Crippen LogP contribution in [0.4, 0.5) is 0 Å². The molecule has 3 heteroatoms. The highest BCUT2D eigenvalue weighted by Crippen LogP contribution is 2.62. The predicted octanol–water partition coefficient (Wildman–Crippen LogP) is 13.6.